The molecule has 0 radical (unpaired) electrons. The van der Waals surface area contributed by atoms with Gasteiger partial charge in [-0.2, -0.15) is 8.42 Å². The lowest BCUT2D eigenvalue weighted by Crippen LogP contribution is -2.37. The molecule has 154 valence electrons. The normalized spacial score (nSPS) is 12.5. The van der Waals surface area contributed by atoms with Crippen LogP contribution >= 0.6 is 0 Å². The molecule has 7 heteroatoms. The molecule has 0 N–H and O–H groups in total. The molecule has 0 aliphatic carbocycles. The first-order valence-corrected chi connectivity index (χ1v) is 11.2. The minimum Gasteiger partial charge on any atom is -0.493 e. The third-order valence-corrected chi connectivity index (χ3v) is 5.73. The van der Waals surface area contributed by atoms with E-state index < -0.39 is 10.1 Å². The highest BCUT2D eigenvalue weighted by Crippen LogP contribution is 2.30. The van der Waals surface area contributed by atoms with Crippen LogP contribution in [-0.2, 0) is 21.5 Å². The average molecular weight is 400 g/mol. The van der Waals surface area contributed by atoms with E-state index in [-0.39, 0.29) is 23.5 Å². The quantitative estimate of drug-likeness (QED) is 0.390. The number of rotatable bonds is 12. The molecule has 1 amide bonds. The molecule has 1 aromatic rings. The third kappa shape index (κ3) is 7.40. The Kier molecular flexibility index (Phi) is 9.63. The van der Waals surface area contributed by atoms with Crippen LogP contribution in [0, 0.1) is 0 Å². The Morgan fingerprint density at radius 2 is 1.85 bits per heavy atom. The van der Waals surface area contributed by atoms with Gasteiger partial charge in [0.1, 0.15) is 0 Å². The zero-order chi connectivity index (χ0) is 20.4. The lowest BCUT2D eigenvalue weighted by Gasteiger charge is -2.29. The fourth-order valence-corrected chi connectivity index (χ4v) is 3.18. The molecule has 6 nitrogen and oxygen atoms in total. The second kappa shape index (κ2) is 11.2. The van der Waals surface area contributed by atoms with Crippen molar-refractivity contribution in [1.29, 1.82) is 0 Å². The molecule has 1 unspecified atom stereocenters. The van der Waals surface area contributed by atoms with Crippen LogP contribution in [0.4, 0.5) is 0 Å². The Morgan fingerprint density at radius 3 is 2.41 bits per heavy atom. The Morgan fingerprint density at radius 1 is 1.15 bits per heavy atom. The van der Waals surface area contributed by atoms with Gasteiger partial charge in [0.2, 0.25) is 5.91 Å². The first-order chi connectivity index (χ1) is 12.8. The maximum Gasteiger partial charge on any atom is 0.309 e. The van der Waals surface area contributed by atoms with Crippen molar-refractivity contribution in [3.05, 3.63) is 23.8 Å². The van der Waals surface area contributed by atoms with Crippen LogP contribution in [0.5, 0.6) is 11.5 Å². The van der Waals surface area contributed by atoms with Crippen molar-refractivity contribution in [1.82, 2.24) is 4.90 Å². The van der Waals surface area contributed by atoms with E-state index in [4.69, 9.17) is 8.92 Å². The first-order valence-electron chi connectivity index (χ1n) is 9.66. The van der Waals surface area contributed by atoms with Crippen LogP contribution in [0.1, 0.15) is 65.4 Å². The fourth-order valence-electron chi connectivity index (χ4n) is 2.66. The van der Waals surface area contributed by atoms with Crippen LogP contribution in [0.25, 0.3) is 0 Å². The van der Waals surface area contributed by atoms with Gasteiger partial charge in [-0.15, -0.1) is 0 Å². The zero-order valence-corrected chi connectivity index (χ0v) is 18.0. The maximum absolute atomic E-state index is 12.7. The number of ether oxygens (including phenoxy) is 1. The summed E-state index contributed by atoms with van der Waals surface area (Å²) in [5, 5.41) is 0. The van der Waals surface area contributed by atoms with E-state index in [0.29, 0.717) is 18.7 Å². The molecule has 0 saturated heterocycles. The van der Waals surface area contributed by atoms with Gasteiger partial charge in [-0.1, -0.05) is 32.8 Å². The number of hydrogen-bond acceptors (Lipinski definition) is 5. The van der Waals surface area contributed by atoms with Gasteiger partial charge in [-0.05, 0) is 44.4 Å². The highest BCUT2D eigenvalue weighted by molar-refractivity contribution is 7.87. The van der Waals surface area contributed by atoms with E-state index in [9.17, 15) is 13.2 Å². The monoisotopic (exact) mass is 399 g/mol. The van der Waals surface area contributed by atoms with E-state index in [2.05, 4.69) is 6.92 Å². The van der Waals surface area contributed by atoms with Gasteiger partial charge in [0.25, 0.3) is 0 Å². The number of carbonyl (C=O) groups is 1. The average Bonchev–Trinajstić information content (AvgIpc) is 2.65. The van der Waals surface area contributed by atoms with E-state index in [1.807, 2.05) is 24.8 Å². The topological polar surface area (TPSA) is 72.9 Å². The molecule has 0 aliphatic heterocycles. The standard InChI is InChI=1S/C20H33NO5S/c1-6-9-10-11-20(22)21(16(4)7-2)15-17-12-13-18(25-5)19(14-17)26-27(23,24)8-3/h12-14,16H,6-11,15H2,1-5H3. The Bertz CT molecular complexity index is 702. The van der Waals surface area contributed by atoms with E-state index in [0.717, 1.165) is 31.2 Å². The number of benzene rings is 1. The molecule has 1 aromatic carbocycles. The summed E-state index contributed by atoms with van der Waals surface area (Å²) in [6.07, 6.45) is 4.37. The molecule has 0 heterocycles. The van der Waals surface area contributed by atoms with Crippen molar-refractivity contribution in [3.8, 4) is 11.5 Å². The molecule has 0 saturated carbocycles. The number of amides is 1. The molecule has 27 heavy (non-hydrogen) atoms. The molecule has 0 fully saturated rings. The van der Waals surface area contributed by atoms with Crippen LogP contribution in [0.3, 0.4) is 0 Å². The molecule has 1 rings (SSSR count). The second-order valence-corrected chi connectivity index (χ2v) is 8.51. The minimum atomic E-state index is -3.66. The van der Waals surface area contributed by atoms with Crippen molar-refractivity contribution in [2.24, 2.45) is 0 Å². The SMILES string of the molecule is CCCCCC(=O)N(Cc1ccc(OC)c(OS(=O)(=O)CC)c1)C(C)CC. The molecule has 0 spiro atoms. The number of nitrogens with zero attached hydrogens (tertiary/aromatic N) is 1. The maximum atomic E-state index is 12.7. The number of unbranched alkanes of at least 4 members (excludes halogenated alkanes) is 2. The van der Waals surface area contributed by atoms with Gasteiger partial charge in [-0.25, -0.2) is 0 Å². The molecule has 0 aromatic heterocycles. The van der Waals surface area contributed by atoms with Crippen LogP contribution in [-0.4, -0.2) is 38.1 Å². The summed E-state index contributed by atoms with van der Waals surface area (Å²) < 4.78 is 34.0. The predicted molar refractivity (Wildman–Crippen MR) is 108 cm³/mol. The zero-order valence-electron chi connectivity index (χ0n) is 17.2. The van der Waals surface area contributed by atoms with Crippen molar-refractivity contribution in [3.63, 3.8) is 0 Å². The molecular weight excluding hydrogens is 366 g/mol. The van der Waals surface area contributed by atoms with Crippen LogP contribution < -0.4 is 8.92 Å². The highest BCUT2D eigenvalue weighted by Gasteiger charge is 2.20. The summed E-state index contributed by atoms with van der Waals surface area (Å²) >= 11 is 0. The number of carbonyl (C=O) groups excluding carboxylic acids is 1. The summed E-state index contributed by atoms with van der Waals surface area (Å²) in [5.74, 6) is 0.492. The predicted octanol–water partition coefficient (Wildman–Crippen LogP) is 4.13. The van der Waals surface area contributed by atoms with E-state index in [1.54, 1.807) is 12.1 Å². The summed E-state index contributed by atoms with van der Waals surface area (Å²) in [6.45, 7) is 8.12. The minimum absolute atomic E-state index is 0.102. The molecule has 0 aliphatic rings. The Labute approximate surface area is 164 Å². The third-order valence-electron chi connectivity index (χ3n) is 4.59. The van der Waals surface area contributed by atoms with Gasteiger partial charge in [-0.3, -0.25) is 4.79 Å². The Balaban J connectivity index is 3.05. The fraction of sp³-hybridized carbons (Fsp3) is 0.650. The van der Waals surface area contributed by atoms with Gasteiger partial charge in [0.05, 0.1) is 12.9 Å². The van der Waals surface area contributed by atoms with Crippen LogP contribution in [0.15, 0.2) is 18.2 Å². The van der Waals surface area contributed by atoms with Crippen molar-refractivity contribution >= 4 is 16.0 Å². The summed E-state index contributed by atoms with van der Waals surface area (Å²) in [6, 6.07) is 5.25. The smallest absolute Gasteiger partial charge is 0.309 e. The summed E-state index contributed by atoms with van der Waals surface area (Å²) in [7, 11) is -2.20. The molecular formula is C20H33NO5S. The van der Waals surface area contributed by atoms with Gasteiger partial charge in [0.15, 0.2) is 11.5 Å². The van der Waals surface area contributed by atoms with Gasteiger partial charge < -0.3 is 13.8 Å². The number of hydrogen-bond donors (Lipinski definition) is 0. The second-order valence-electron chi connectivity index (χ2n) is 6.65. The first kappa shape index (κ1) is 23.3. The Hall–Kier alpha value is -1.76. The van der Waals surface area contributed by atoms with E-state index in [1.165, 1.54) is 14.0 Å². The number of methoxy groups -OCH3 is 1. The van der Waals surface area contributed by atoms with Crippen molar-refractivity contribution in [2.45, 2.75) is 72.4 Å². The highest BCUT2D eigenvalue weighted by atomic mass is 32.2. The van der Waals surface area contributed by atoms with Crippen LogP contribution in [0.2, 0.25) is 0 Å². The molecule has 1 atom stereocenters. The summed E-state index contributed by atoms with van der Waals surface area (Å²) in [4.78, 5) is 14.5. The lowest BCUT2D eigenvalue weighted by molar-refractivity contribution is -0.134. The van der Waals surface area contributed by atoms with Gasteiger partial charge in [0, 0.05) is 19.0 Å². The summed E-state index contributed by atoms with van der Waals surface area (Å²) in [5.41, 5.74) is 0.807. The van der Waals surface area contributed by atoms with Gasteiger partial charge >= 0.3 is 10.1 Å². The lowest BCUT2D eigenvalue weighted by atomic mass is 10.1. The largest absolute Gasteiger partial charge is 0.493 e. The van der Waals surface area contributed by atoms with E-state index >= 15 is 0 Å². The molecule has 0 bridgehead atoms. The van der Waals surface area contributed by atoms with Crippen molar-refractivity contribution < 1.29 is 22.1 Å². The van der Waals surface area contributed by atoms with Crippen molar-refractivity contribution in [2.75, 3.05) is 12.9 Å².